The zero-order chi connectivity index (χ0) is 10.8. The number of hydrogen-bond acceptors (Lipinski definition) is 3. The molecule has 0 fully saturated rings. The number of benzene rings is 1. The van der Waals surface area contributed by atoms with Crippen molar-refractivity contribution < 1.29 is 5.11 Å². The first-order valence-corrected chi connectivity index (χ1v) is 4.88. The lowest BCUT2D eigenvalue weighted by Crippen LogP contribution is -1.93. The molecule has 0 atom stereocenters. The predicted octanol–water partition coefficient (Wildman–Crippen LogP) is 2.10. The molecular weight excluding hydrogens is 190 g/mol. The second-order valence-corrected chi connectivity index (χ2v) is 3.76. The van der Waals surface area contributed by atoms with Gasteiger partial charge >= 0.3 is 0 Å². The maximum absolute atomic E-state index is 9.15. The molecule has 0 amide bonds. The van der Waals surface area contributed by atoms with Gasteiger partial charge in [-0.1, -0.05) is 19.1 Å². The summed E-state index contributed by atoms with van der Waals surface area (Å²) in [6.07, 6.45) is 1.90. The summed E-state index contributed by atoms with van der Waals surface area (Å²) in [6.45, 7) is 4.15. The van der Waals surface area contributed by atoms with Crippen LogP contribution >= 0.6 is 0 Å². The fraction of sp³-hybridized carbons (Fsp3) is 0.273. The molecule has 0 aliphatic heterocycles. The number of phenolic OH excluding ortho intramolecular Hbond substituents is 1. The SMILES string of the molecule is CC(C)c1cn(-c2ccc(O)cc2)nn1. The first-order valence-electron chi connectivity index (χ1n) is 4.88. The van der Waals surface area contributed by atoms with Crippen molar-refractivity contribution in [2.45, 2.75) is 19.8 Å². The van der Waals surface area contributed by atoms with E-state index in [1.165, 1.54) is 0 Å². The molecule has 0 spiro atoms. The van der Waals surface area contributed by atoms with Crippen LogP contribution in [0.3, 0.4) is 0 Å². The second kappa shape index (κ2) is 3.73. The van der Waals surface area contributed by atoms with Crippen LogP contribution in [0.4, 0.5) is 0 Å². The van der Waals surface area contributed by atoms with Gasteiger partial charge < -0.3 is 5.11 Å². The first kappa shape index (κ1) is 9.71. The zero-order valence-corrected chi connectivity index (χ0v) is 8.75. The van der Waals surface area contributed by atoms with Crippen LogP contribution in [0.25, 0.3) is 5.69 Å². The molecule has 1 aromatic carbocycles. The van der Waals surface area contributed by atoms with Gasteiger partial charge in [0.15, 0.2) is 0 Å². The molecule has 2 rings (SSSR count). The van der Waals surface area contributed by atoms with Gasteiger partial charge in [0.05, 0.1) is 17.6 Å². The molecule has 78 valence electrons. The van der Waals surface area contributed by atoms with E-state index in [1.54, 1.807) is 28.9 Å². The topological polar surface area (TPSA) is 50.9 Å². The molecule has 4 nitrogen and oxygen atoms in total. The van der Waals surface area contributed by atoms with Gasteiger partial charge in [0.25, 0.3) is 0 Å². The summed E-state index contributed by atoms with van der Waals surface area (Å²) in [5, 5.41) is 17.2. The third kappa shape index (κ3) is 1.98. The molecule has 0 unspecified atom stereocenters. The molecule has 1 heterocycles. The number of aromatic nitrogens is 3. The van der Waals surface area contributed by atoms with Crippen molar-refractivity contribution in [1.29, 1.82) is 0 Å². The smallest absolute Gasteiger partial charge is 0.115 e. The fourth-order valence-corrected chi connectivity index (χ4v) is 1.27. The van der Waals surface area contributed by atoms with Gasteiger partial charge in [0.2, 0.25) is 0 Å². The summed E-state index contributed by atoms with van der Waals surface area (Å²) in [6, 6.07) is 6.86. The van der Waals surface area contributed by atoms with Crippen molar-refractivity contribution in [3.63, 3.8) is 0 Å². The van der Waals surface area contributed by atoms with Crippen molar-refractivity contribution in [3.8, 4) is 11.4 Å². The molecule has 1 N–H and O–H groups in total. The molecular formula is C11H13N3O. The Morgan fingerprint density at radius 3 is 2.40 bits per heavy atom. The van der Waals surface area contributed by atoms with E-state index in [0.717, 1.165) is 11.4 Å². The average Bonchev–Trinajstić information content (AvgIpc) is 2.68. The highest BCUT2D eigenvalue weighted by atomic mass is 16.3. The molecule has 0 bridgehead atoms. The Bertz CT molecular complexity index is 445. The lowest BCUT2D eigenvalue weighted by molar-refractivity contribution is 0.475. The monoisotopic (exact) mass is 203 g/mol. The lowest BCUT2D eigenvalue weighted by atomic mass is 10.2. The summed E-state index contributed by atoms with van der Waals surface area (Å²) < 4.78 is 1.70. The number of aromatic hydroxyl groups is 1. The molecule has 0 aliphatic carbocycles. The standard InChI is InChI=1S/C11H13N3O/c1-8(2)11-7-14(13-12-11)9-3-5-10(15)6-4-9/h3-8,15H,1-2H3. The highest BCUT2D eigenvalue weighted by Crippen LogP contribution is 2.15. The summed E-state index contributed by atoms with van der Waals surface area (Å²) in [4.78, 5) is 0. The van der Waals surface area contributed by atoms with Gasteiger partial charge in [0, 0.05) is 0 Å². The van der Waals surface area contributed by atoms with Gasteiger partial charge in [-0.2, -0.15) is 0 Å². The number of rotatable bonds is 2. The van der Waals surface area contributed by atoms with Gasteiger partial charge in [-0.25, -0.2) is 4.68 Å². The lowest BCUT2D eigenvalue weighted by Gasteiger charge is -1.99. The molecule has 2 aromatic rings. The van der Waals surface area contributed by atoms with Crippen LogP contribution in [-0.2, 0) is 0 Å². The summed E-state index contributed by atoms with van der Waals surface area (Å²) in [5.74, 6) is 0.624. The third-order valence-electron chi connectivity index (χ3n) is 2.22. The van der Waals surface area contributed by atoms with Crippen LogP contribution in [0.1, 0.15) is 25.5 Å². The van der Waals surface area contributed by atoms with E-state index in [-0.39, 0.29) is 5.75 Å². The van der Waals surface area contributed by atoms with Gasteiger partial charge in [-0.3, -0.25) is 0 Å². The number of nitrogens with zero attached hydrogens (tertiary/aromatic N) is 3. The van der Waals surface area contributed by atoms with Crippen LogP contribution < -0.4 is 0 Å². The van der Waals surface area contributed by atoms with E-state index >= 15 is 0 Å². The second-order valence-electron chi connectivity index (χ2n) is 3.76. The van der Waals surface area contributed by atoms with Crippen molar-refractivity contribution >= 4 is 0 Å². The maximum Gasteiger partial charge on any atom is 0.115 e. The van der Waals surface area contributed by atoms with Crippen LogP contribution in [0.15, 0.2) is 30.5 Å². The normalized spacial score (nSPS) is 10.9. The highest BCUT2D eigenvalue weighted by molar-refractivity contribution is 5.35. The van der Waals surface area contributed by atoms with E-state index in [9.17, 15) is 0 Å². The molecule has 0 aliphatic rings. The van der Waals surface area contributed by atoms with E-state index in [4.69, 9.17) is 5.11 Å². The minimum absolute atomic E-state index is 0.253. The largest absolute Gasteiger partial charge is 0.508 e. The molecule has 0 saturated carbocycles. The van der Waals surface area contributed by atoms with Crippen molar-refractivity contribution in [1.82, 2.24) is 15.0 Å². The van der Waals surface area contributed by atoms with Crippen molar-refractivity contribution in [2.24, 2.45) is 0 Å². The Balaban J connectivity index is 2.33. The van der Waals surface area contributed by atoms with Gasteiger partial charge in [0.1, 0.15) is 5.75 Å². The Morgan fingerprint density at radius 1 is 1.20 bits per heavy atom. The zero-order valence-electron chi connectivity index (χ0n) is 8.75. The Morgan fingerprint density at radius 2 is 1.87 bits per heavy atom. The highest BCUT2D eigenvalue weighted by Gasteiger charge is 2.05. The van der Waals surface area contributed by atoms with Crippen molar-refractivity contribution in [2.75, 3.05) is 0 Å². The number of phenols is 1. The minimum Gasteiger partial charge on any atom is -0.508 e. The number of hydrogen-bond donors (Lipinski definition) is 1. The minimum atomic E-state index is 0.253. The van der Waals surface area contributed by atoms with E-state index in [2.05, 4.69) is 24.2 Å². The summed E-state index contributed by atoms with van der Waals surface area (Å²) in [5.41, 5.74) is 1.86. The Labute approximate surface area is 88.2 Å². The maximum atomic E-state index is 9.15. The van der Waals surface area contributed by atoms with Crippen LogP contribution in [-0.4, -0.2) is 20.1 Å². The molecule has 0 radical (unpaired) electrons. The van der Waals surface area contributed by atoms with Gasteiger partial charge in [-0.05, 0) is 30.2 Å². The van der Waals surface area contributed by atoms with Gasteiger partial charge in [-0.15, -0.1) is 5.10 Å². The molecule has 4 heteroatoms. The van der Waals surface area contributed by atoms with E-state index < -0.39 is 0 Å². The Kier molecular flexibility index (Phi) is 2.41. The van der Waals surface area contributed by atoms with Crippen LogP contribution in [0.5, 0.6) is 5.75 Å². The quantitative estimate of drug-likeness (QED) is 0.813. The third-order valence-corrected chi connectivity index (χ3v) is 2.22. The Hall–Kier alpha value is -1.84. The summed E-state index contributed by atoms with van der Waals surface area (Å²) >= 11 is 0. The van der Waals surface area contributed by atoms with E-state index in [1.807, 2.05) is 6.20 Å². The van der Waals surface area contributed by atoms with Crippen LogP contribution in [0.2, 0.25) is 0 Å². The first-order chi connectivity index (χ1) is 7.16. The van der Waals surface area contributed by atoms with Crippen LogP contribution in [0, 0.1) is 0 Å². The molecule has 1 aromatic heterocycles. The van der Waals surface area contributed by atoms with E-state index in [0.29, 0.717) is 5.92 Å². The fourth-order valence-electron chi connectivity index (χ4n) is 1.27. The summed E-state index contributed by atoms with van der Waals surface area (Å²) in [7, 11) is 0. The molecule has 0 saturated heterocycles. The van der Waals surface area contributed by atoms with Crippen molar-refractivity contribution in [3.05, 3.63) is 36.2 Å². The molecule has 15 heavy (non-hydrogen) atoms. The average molecular weight is 203 g/mol. The predicted molar refractivity (Wildman–Crippen MR) is 57.1 cm³/mol.